The largest absolute Gasteiger partial charge is 0.505 e. The standard InChI is InChI=1S/C18H13NO3/c20-17-15(18(21)22)11-8-13-7-10-14(19-16(13)17)9-6-12-4-2-1-3-5-12/h1-11,20H,(H,21,22). The molecule has 0 unspecified atom stereocenters. The zero-order valence-electron chi connectivity index (χ0n) is 11.6. The highest BCUT2D eigenvalue weighted by atomic mass is 16.4. The number of aromatic hydroxyl groups is 1. The lowest BCUT2D eigenvalue weighted by Crippen LogP contribution is -1.97. The van der Waals surface area contributed by atoms with E-state index in [0.29, 0.717) is 11.1 Å². The quantitative estimate of drug-likeness (QED) is 0.769. The smallest absolute Gasteiger partial charge is 0.339 e. The minimum atomic E-state index is -1.17. The van der Waals surface area contributed by atoms with Gasteiger partial charge >= 0.3 is 5.97 Å². The van der Waals surface area contributed by atoms with Gasteiger partial charge in [0.25, 0.3) is 0 Å². The highest BCUT2D eigenvalue weighted by Gasteiger charge is 2.13. The summed E-state index contributed by atoms with van der Waals surface area (Å²) < 4.78 is 0. The summed E-state index contributed by atoms with van der Waals surface area (Å²) in [5, 5.41) is 19.8. The van der Waals surface area contributed by atoms with Crippen LogP contribution >= 0.6 is 0 Å². The van der Waals surface area contributed by atoms with Gasteiger partial charge in [-0.1, -0.05) is 48.5 Å². The van der Waals surface area contributed by atoms with Crippen molar-refractivity contribution in [3.63, 3.8) is 0 Å². The summed E-state index contributed by atoms with van der Waals surface area (Å²) in [6.07, 6.45) is 3.73. The molecule has 2 aromatic carbocycles. The molecule has 0 saturated carbocycles. The van der Waals surface area contributed by atoms with Gasteiger partial charge in [-0.25, -0.2) is 9.78 Å². The Balaban J connectivity index is 2.03. The molecular weight excluding hydrogens is 278 g/mol. The molecule has 0 aliphatic rings. The molecule has 1 heterocycles. The van der Waals surface area contributed by atoms with E-state index in [4.69, 9.17) is 5.11 Å². The maximum atomic E-state index is 11.1. The van der Waals surface area contributed by atoms with Crippen molar-refractivity contribution in [2.75, 3.05) is 0 Å². The number of fused-ring (bicyclic) bond motifs is 1. The minimum Gasteiger partial charge on any atom is -0.505 e. The fourth-order valence-electron chi connectivity index (χ4n) is 2.20. The van der Waals surface area contributed by atoms with Crippen molar-refractivity contribution in [3.05, 3.63) is 71.4 Å². The van der Waals surface area contributed by atoms with Gasteiger partial charge in [-0.15, -0.1) is 0 Å². The second kappa shape index (κ2) is 5.69. The zero-order valence-corrected chi connectivity index (χ0v) is 11.6. The van der Waals surface area contributed by atoms with Crippen LogP contribution < -0.4 is 0 Å². The highest BCUT2D eigenvalue weighted by Crippen LogP contribution is 2.27. The number of carboxylic acid groups (broad SMARTS) is 1. The molecule has 0 amide bonds. The summed E-state index contributed by atoms with van der Waals surface area (Å²) in [4.78, 5) is 15.4. The lowest BCUT2D eigenvalue weighted by atomic mass is 10.1. The van der Waals surface area contributed by atoms with Crippen molar-refractivity contribution in [1.82, 2.24) is 4.98 Å². The highest BCUT2D eigenvalue weighted by molar-refractivity contribution is 5.99. The van der Waals surface area contributed by atoms with Crippen molar-refractivity contribution in [2.45, 2.75) is 0 Å². The molecule has 0 fully saturated rings. The van der Waals surface area contributed by atoms with Crippen LogP contribution in [0.4, 0.5) is 0 Å². The number of aromatic nitrogens is 1. The molecule has 0 aliphatic heterocycles. The molecule has 22 heavy (non-hydrogen) atoms. The Morgan fingerprint density at radius 2 is 1.68 bits per heavy atom. The van der Waals surface area contributed by atoms with E-state index in [1.165, 1.54) is 6.07 Å². The molecule has 1 aromatic heterocycles. The average Bonchev–Trinajstić information content (AvgIpc) is 2.54. The average molecular weight is 291 g/mol. The molecule has 0 spiro atoms. The lowest BCUT2D eigenvalue weighted by Gasteiger charge is -2.04. The van der Waals surface area contributed by atoms with E-state index < -0.39 is 5.97 Å². The number of carboxylic acids is 1. The summed E-state index contributed by atoms with van der Waals surface area (Å²) in [5.41, 5.74) is 1.82. The lowest BCUT2D eigenvalue weighted by molar-refractivity contribution is 0.0694. The van der Waals surface area contributed by atoms with Crippen LogP contribution in [-0.4, -0.2) is 21.2 Å². The Bertz CT molecular complexity index is 870. The van der Waals surface area contributed by atoms with Gasteiger partial charge in [0.05, 0.1) is 5.69 Å². The van der Waals surface area contributed by atoms with E-state index in [2.05, 4.69) is 4.98 Å². The van der Waals surface area contributed by atoms with Crippen LogP contribution in [-0.2, 0) is 0 Å². The predicted molar refractivity (Wildman–Crippen MR) is 85.7 cm³/mol. The second-order valence-electron chi connectivity index (χ2n) is 4.82. The van der Waals surface area contributed by atoms with Gasteiger partial charge in [0.2, 0.25) is 0 Å². The van der Waals surface area contributed by atoms with Crippen molar-refractivity contribution >= 4 is 29.0 Å². The minimum absolute atomic E-state index is 0.149. The van der Waals surface area contributed by atoms with Gasteiger partial charge in [-0.3, -0.25) is 0 Å². The van der Waals surface area contributed by atoms with E-state index in [1.807, 2.05) is 48.6 Å². The van der Waals surface area contributed by atoms with E-state index in [9.17, 15) is 9.90 Å². The number of carbonyl (C=O) groups is 1. The number of phenols is 1. The normalized spacial score (nSPS) is 11.1. The summed E-state index contributed by atoms with van der Waals surface area (Å²) in [6, 6.07) is 16.4. The van der Waals surface area contributed by atoms with Gasteiger partial charge in [0, 0.05) is 5.39 Å². The third-order valence-corrected chi connectivity index (χ3v) is 3.33. The number of benzene rings is 2. The van der Waals surface area contributed by atoms with Crippen molar-refractivity contribution in [1.29, 1.82) is 0 Å². The molecule has 0 bridgehead atoms. The molecule has 0 aliphatic carbocycles. The summed E-state index contributed by atoms with van der Waals surface area (Å²) in [5.74, 6) is -1.48. The Morgan fingerprint density at radius 3 is 2.41 bits per heavy atom. The Morgan fingerprint density at radius 1 is 0.955 bits per heavy atom. The number of rotatable bonds is 3. The van der Waals surface area contributed by atoms with Gasteiger partial charge in [0.15, 0.2) is 5.75 Å². The Labute approximate surface area is 127 Å². The molecule has 0 radical (unpaired) electrons. The van der Waals surface area contributed by atoms with E-state index in [-0.39, 0.29) is 16.8 Å². The van der Waals surface area contributed by atoms with Crippen LogP contribution in [0.3, 0.4) is 0 Å². The molecule has 0 atom stereocenters. The van der Waals surface area contributed by atoms with Crippen LogP contribution in [0.15, 0.2) is 54.6 Å². The van der Waals surface area contributed by atoms with E-state index >= 15 is 0 Å². The fourth-order valence-corrected chi connectivity index (χ4v) is 2.20. The van der Waals surface area contributed by atoms with Crippen LogP contribution in [0.1, 0.15) is 21.6 Å². The number of aromatic carboxylic acids is 1. The first kappa shape index (κ1) is 13.8. The third-order valence-electron chi connectivity index (χ3n) is 3.33. The maximum Gasteiger partial charge on any atom is 0.339 e. The summed E-state index contributed by atoms with van der Waals surface area (Å²) >= 11 is 0. The van der Waals surface area contributed by atoms with Gasteiger partial charge in [-0.2, -0.15) is 0 Å². The molecule has 3 aromatic rings. The van der Waals surface area contributed by atoms with Gasteiger partial charge in [-0.05, 0) is 23.8 Å². The molecule has 0 saturated heterocycles. The first-order valence-electron chi connectivity index (χ1n) is 6.74. The van der Waals surface area contributed by atoms with Gasteiger partial charge in [0.1, 0.15) is 11.1 Å². The molecular formula is C18H13NO3. The van der Waals surface area contributed by atoms with Crippen molar-refractivity contribution in [2.24, 2.45) is 0 Å². The van der Waals surface area contributed by atoms with Crippen LogP contribution in [0, 0.1) is 0 Å². The third kappa shape index (κ3) is 2.67. The maximum absolute atomic E-state index is 11.1. The number of hydrogen-bond acceptors (Lipinski definition) is 3. The zero-order chi connectivity index (χ0) is 15.5. The second-order valence-corrected chi connectivity index (χ2v) is 4.82. The van der Waals surface area contributed by atoms with Crippen LogP contribution in [0.25, 0.3) is 23.1 Å². The fraction of sp³-hybridized carbons (Fsp3) is 0. The number of pyridine rings is 1. The first-order valence-corrected chi connectivity index (χ1v) is 6.74. The monoisotopic (exact) mass is 291 g/mol. The van der Waals surface area contributed by atoms with E-state index in [0.717, 1.165) is 5.56 Å². The molecule has 4 heteroatoms. The first-order chi connectivity index (χ1) is 10.6. The SMILES string of the molecule is O=C(O)c1ccc2ccc(C=Cc3ccccc3)nc2c1O. The number of nitrogens with zero attached hydrogens (tertiary/aromatic N) is 1. The predicted octanol–water partition coefficient (Wildman–Crippen LogP) is 3.81. The number of hydrogen-bond donors (Lipinski definition) is 2. The topological polar surface area (TPSA) is 70.4 Å². The Hall–Kier alpha value is -3.14. The molecule has 108 valence electrons. The van der Waals surface area contributed by atoms with Gasteiger partial charge < -0.3 is 10.2 Å². The van der Waals surface area contributed by atoms with Crippen LogP contribution in [0.2, 0.25) is 0 Å². The van der Waals surface area contributed by atoms with Crippen molar-refractivity contribution in [3.8, 4) is 5.75 Å². The van der Waals surface area contributed by atoms with Crippen molar-refractivity contribution < 1.29 is 15.0 Å². The van der Waals surface area contributed by atoms with Crippen LogP contribution in [0.5, 0.6) is 5.75 Å². The van der Waals surface area contributed by atoms with E-state index in [1.54, 1.807) is 12.1 Å². The molecule has 3 rings (SSSR count). The Kier molecular flexibility index (Phi) is 3.58. The molecule has 4 nitrogen and oxygen atoms in total. The summed E-state index contributed by atoms with van der Waals surface area (Å²) in [6.45, 7) is 0. The molecule has 2 N–H and O–H groups in total. The summed E-state index contributed by atoms with van der Waals surface area (Å²) in [7, 11) is 0.